The highest BCUT2D eigenvalue weighted by molar-refractivity contribution is 5.88. The van der Waals surface area contributed by atoms with Crippen LogP contribution in [0.1, 0.15) is 53.9 Å². The fourth-order valence-electron chi connectivity index (χ4n) is 1.87. The van der Waals surface area contributed by atoms with Gasteiger partial charge in [0.2, 0.25) is 0 Å². The second-order valence-corrected chi connectivity index (χ2v) is 6.09. The standard InChI is InChI=1S/C14H30N2O/c1-11(2)16-12(9-7-8-10-15-6)13(17)14(3,4)5/h11-12,15-16H,7-10H2,1-6H3. The van der Waals surface area contributed by atoms with Gasteiger partial charge in [0, 0.05) is 11.5 Å². The lowest BCUT2D eigenvalue weighted by atomic mass is 9.84. The number of carbonyl (C=O) groups excluding carboxylic acids is 1. The zero-order valence-corrected chi connectivity index (χ0v) is 12.4. The molecule has 0 fully saturated rings. The van der Waals surface area contributed by atoms with Crippen LogP contribution in [-0.4, -0.2) is 31.5 Å². The molecule has 2 N–H and O–H groups in total. The van der Waals surface area contributed by atoms with Gasteiger partial charge in [-0.05, 0) is 26.4 Å². The van der Waals surface area contributed by atoms with Crippen LogP contribution in [0, 0.1) is 5.41 Å². The van der Waals surface area contributed by atoms with Crippen molar-refractivity contribution in [1.29, 1.82) is 0 Å². The number of ketones is 1. The molecule has 0 saturated heterocycles. The maximum atomic E-state index is 12.3. The SMILES string of the molecule is CNCCCCC(NC(C)C)C(=O)C(C)(C)C. The van der Waals surface area contributed by atoms with Crippen LogP contribution in [0.3, 0.4) is 0 Å². The quantitative estimate of drug-likeness (QED) is 0.642. The van der Waals surface area contributed by atoms with Gasteiger partial charge in [0.15, 0.2) is 5.78 Å². The molecule has 0 aromatic heterocycles. The van der Waals surface area contributed by atoms with E-state index in [1.807, 2.05) is 27.8 Å². The Balaban J connectivity index is 4.28. The first kappa shape index (κ1) is 16.6. The molecular weight excluding hydrogens is 212 g/mol. The number of carbonyl (C=O) groups is 1. The zero-order valence-electron chi connectivity index (χ0n) is 12.4. The number of hydrogen-bond acceptors (Lipinski definition) is 3. The van der Waals surface area contributed by atoms with E-state index in [1.165, 1.54) is 0 Å². The Morgan fingerprint density at radius 1 is 1.18 bits per heavy atom. The first-order valence-electron chi connectivity index (χ1n) is 6.74. The monoisotopic (exact) mass is 242 g/mol. The first-order valence-corrected chi connectivity index (χ1v) is 6.74. The molecule has 0 saturated carbocycles. The van der Waals surface area contributed by atoms with Crippen LogP contribution in [0.5, 0.6) is 0 Å². The highest BCUT2D eigenvalue weighted by Gasteiger charge is 2.29. The molecule has 0 aromatic carbocycles. The Morgan fingerprint density at radius 2 is 1.76 bits per heavy atom. The van der Waals surface area contributed by atoms with E-state index in [-0.39, 0.29) is 11.5 Å². The first-order chi connectivity index (χ1) is 7.79. The Labute approximate surface area is 107 Å². The molecule has 3 heteroatoms. The van der Waals surface area contributed by atoms with Gasteiger partial charge in [-0.2, -0.15) is 0 Å². The van der Waals surface area contributed by atoms with E-state index >= 15 is 0 Å². The predicted molar refractivity (Wildman–Crippen MR) is 74.3 cm³/mol. The minimum Gasteiger partial charge on any atom is -0.320 e. The van der Waals surface area contributed by atoms with Gasteiger partial charge in [0.25, 0.3) is 0 Å². The van der Waals surface area contributed by atoms with Gasteiger partial charge in [-0.25, -0.2) is 0 Å². The third kappa shape index (κ3) is 7.50. The zero-order chi connectivity index (χ0) is 13.5. The summed E-state index contributed by atoms with van der Waals surface area (Å²) < 4.78 is 0. The average Bonchev–Trinajstić information content (AvgIpc) is 2.19. The third-order valence-corrected chi connectivity index (χ3v) is 2.76. The van der Waals surface area contributed by atoms with Crippen LogP contribution in [0.25, 0.3) is 0 Å². The minimum absolute atomic E-state index is 0.00635. The smallest absolute Gasteiger partial charge is 0.155 e. The molecule has 0 bridgehead atoms. The van der Waals surface area contributed by atoms with Crippen molar-refractivity contribution in [2.45, 2.75) is 66.0 Å². The number of nitrogens with one attached hydrogen (secondary N) is 2. The molecule has 0 rings (SSSR count). The summed E-state index contributed by atoms with van der Waals surface area (Å²) in [6.07, 6.45) is 3.16. The molecule has 1 unspecified atom stereocenters. The molecule has 102 valence electrons. The van der Waals surface area contributed by atoms with E-state index in [1.54, 1.807) is 0 Å². The summed E-state index contributed by atoms with van der Waals surface area (Å²) in [4.78, 5) is 12.3. The van der Waals surface area contributed by atoms with Crippen LogP contribution in [-0.2, 0) is 4.79 Å². The van der Waals surface area contributed by atoms with E-state index in [2.05, 4.69) is 24.5 Å². The number of hydrogen-bond donors (Lipinski definition) is 2. The molecule has 0 aromatic rings. The number of rotatable bonds is 8. The van der Waals surface area contributed by atoms with Crippen LogP contribution in [0.2, 0.25) is 0 Å². The van der Waals surface area contributed by atoms with Crippen molar-refractivity contribution in [3.8, 4) is 0 Å². The molecule has 0 heterocycles. The van der Waals surface area contributed by atoms with Gasteiger partial charge in [0.1, 0.15) is 0 Å². The van der Waals surface area contributed by atoms with Crippen LogP contribution < -0.4 is 10.6 Å². The van der Waals surface area contributed by atoms with Crippen molar-refractivity contribution in [2.75, 3.05) is 13.6 Å². The van der Waals surface area contributed by atoms with E-state index < -0.39 is 0 Å². The van der Waals surface area contributed by atoms with E-state index in [9.17, 15) is 4.79 Å². The molecule has 1 atom stereocenters. The number of unbranched alkanes of at least 4 members (excludes halogenated alkanes) is 1. The fraction of sp³-hybridized carbons (Fsp3) is 0.929. The average molecular weight is 242 g/mol. The van der Waals surface area contributed by atoms with Crippen LogP contribution in [0.15, 0.2) is 0 Å². The molecular formula is C14H30N2O. The second-order valence-electron chi connectivity index (χ2n) is 6.09. The topological polar surface area (TPSA) is 41.1 Å². The predicted octanol–water partition coefficient (Wildman–Crippen LogP) is 2.36. The Hall–Kier alpha value is -0.410. The van der Waals surface area contributed by atoms with Crippen molar-refractivity contribution in [3.05, 3.63) is 0 Å². The molecule has 3 nitrogen and oxygen atoms in total. The van der Waals surface area contributed by atoms with Crippen molar-refractivity contribution in [2.24, 2.45) is 5.41 Å². The fourth-order valence-corrected chi connectivity index (χ4v) is 1.87. The molecule has 0 amide bonds. The van der Waals surface area contributed by atoms with Crippen LogP contribution in [0.4, 0.5) is 0 Å². The largest absolute Gasteiger partial charge is 0.320 e. The van der Waals surface area contributed by atoms with E-state index in [4.69, 9.17) is 0 Å². The maximum Gasteiger partial charge on any atom is 0.155 e. The summed E-state index contributed by atoms with van der Waals surface area (Å²) in [6.45, 7) is 11.2. The van der Waals surface area contributed by atoms with Gasteiger partial charge in [-0.1, -0.05) is 41.0 Å². The van der Waals surface area contributed by atoms with Gasteiger partial charge >= 0.3 is 0 Å². The molecule has 0 aliphatic heterocycles. The van der Waals surface area contributed by atoms with Gasteiger partial charge in [-0.3, -0.25) is 4.79 Å². The highest BCUT2D eigenvalue weighted by atomic mass is 16.1. The van der Waals surface area contributed by atoms with Crippen molar-refractivity contribution in [1.82, 2.24) is 10.6 Å². The number of Topliss-reactive ketones (excluding diaryl/α,β-unsaturated/α-hetero) is 1. The van der Waals surface area contributed by atoms with Gasteiger partial charge in [-0.15, -0.1) is 0 Å². The van der Waals surface area contributed by atoms with E-state index in [0.29, 0.717) is 11.8 Å². The normalized spacial score (nSPS) is 14.1. The Kier molecular flexibility index (Phi) is 7.64. The summed E-state index contributed by atoms with van der Waals surface area (Å²) >= 11 is 0. The molecule has 0 aliphatic carbocycles. The highest BCUT2D eigenvalue weighted by Crippen LogP contribution is 2.19. The van der Waals surface area contributed by atoms with Crippen molar-refractivity contribution >= 4 is 5.78 Å². The van der Waals surface area contributed by atoms with Crippen molar-refractivity contribution in [3.63, 3.8) is 0 Å². The lowest BCUT2D eigenvalue weighted by Gasteiger charge is -2.27. The Bertz CT molecular complexity index is 219. The molecule has 17 heavy (non-hydrogen) atoms. The lowest BCUT2D eigenvalue weighted by Crippen LogP contribution is -2.45. The Morgan fingerprint density at radius 3 is 2.18 bits per heavy atom. The minimum atomic E-state index is -0.254. The summed E-state index contributed by atoms with van der Waals surface area (Å²) in [5.41, 5.74) is -0.254. The van der Waals surface area contributed by atoms with Crippen LogP contribution >= 0.6 is 0 Å². The summed E-state index contributed by atoms with van der Waals surface area (Å²) in [6, 6.07) is 0.363. The molecule has 0 aliphatic rings. The maximum absolute atomic E-state index is 12.3. The summed E-state index contributed by atoms with van der Waals surface area (Å²) in [5, 5.41) is 6.53. The lowest BCUT2D eigenvalue weighted by molar-refractivity contribution is -0.128. The molecule has 0 spiro atoms. The second kappa shape index (κ2) is 7.83. The summed E-state index contributed by atoms with van der Waals surface area (Å²) in [7, 11) is 1.96. The van der Waals surface area contributed by atoms with Gasteiger partial charge in [0.05, 0.1) is 6.04 Å². The van der Waals surface area contributed by atoms with Crippen molar-refractivity contribution < 1.29 is 4.79 Å². The van der Waals surface area contributed by atoms with Gasteiger partial charge < -0.3 is 10.6 Å². The third-order valence-electron chi connectivity index (χ3n) is 2.76. The van der Waals surface area contributed by atoms with E-state index in [0.717, 1.165) is 25.8 Å². The summed E-state index contributed by atoms with van der Waals surface area (Å²) in [5.74, 6) is 0.329. The molecule has 0 radical (unpaired) electrons.